The number of halogens is 1. The maximum atomic E-state index is 12.4. The second kappa shape index (κ2) is 8.77. The number of sulfone groups is 1. The van der Waals surface area contributed by atoms with Crippen LogP contribution in [0.25, 0.3) is 0 Å². The molecule has 0 aliphatic heterocycles. The van der Waals surface area contributed by atoms with Crippen molar-refractivity contribution in [2.75, 3.05) is 25.2 Å². The number of aromatic nitrogens is 1. The normalized spacial score (nSPS) is 10.8. The SMILES string of the molecule is CNCCc1ccccc1C(=O)Nc1ccc(S(C)(=O)=O)nc1.Cl. The number of anilines is 1. The summed E-state index contributed by atoms with van der Waals surface area (Å²) in [5.41, 5.74) is 1.99. The predicted octanol–water partition coefficient (Wildman–Crippen LogP) is 1.92. The summed E-state index contributed by atoms with van der Waals surface area (Å²) in [5, 5.41) is 5.77. The molecule has 0 radical (unpaired) electrons. The molecule has 8 heteroatoms. The summed E-state index contributed by atoms with van der Waals surface area (Å²) in [7, 11) is -1.49. The van der Waals surface area contributed by atoms with Crippen LogP contribution < -0.4 is 10.6 Å². The van der Waals surface area contributed by atoms with Crippen molar-refractivity contribution in [1.29, 1.82) is 0 Å². The molecule has 1 heterocycles. The Morgan fingerprint density at radius 1 is 1.17 bits per heavy atom. The monoisotopic (exact) mass is 369 g/mol. The van der Waals surface area contributed by atoms with Gasteiger partial charge in [0, 0.05) is 11.8 Å². The van der Waals surface area contributed by atoms with Crippen molar-refractivity contribution < 1.29 is 13.2 Å². The summed E-state index contributed by atoms with van der Waals surface area (Å²) in [6.07, 6.45) is 3.17. The van der Waals surface area contributed by atoms with E-state index < -0.39 is 9.84 Å². The maximum absolute atomic E-state index is 12.4. The zero-order valence-corrected chi connectivity index (χ0v) is 15.1. The third-order valence-electron chi connectivity index (χ3n) is 3.28. The van der Waals surface area contributed by atoms with Crippen LogP contribution in [0.5, 0.6) is 0 Å². The Labute approximate surface area is 148 Å². The lowest BCUT2D eigenvalue weighted by molar-refractivity contribution is 0.102. The molecule has 0 spiro atoms. The molecule has 2 N–H and O–H groups in total. The summed E-state index contributed by atoms with van der Waals surface area (Å²) in [4.78, 5) is 16.3. The molecular weight excluding hydrogens is 350 g/mol. The van der Waals surface area contributed by atoms with Gasteiger partial charge in [0.15, 0.2) is 14.9 Å². The molecule has 0 unspecified atom stereocenters. The Morgan fingerprint density at radius 3 is 2.46 bits per heavy atom. The molecule has 0 saturated carbocycles. The fourth-order valence-electron chi connectivity index (χ4n) is 2.09. The van der Waals surface area contributed by atoms with E-state index in [4.69, 9.17) is 0 Å². The van der Waals surface area contributed by atoms with E-state index in [-0.39, 0.29) is 23.3 Å². The van der Waals surface area contributed by atoms with Gasteiger partial charge in [-0.1, -0.05) is 18.2 Å². The Morgan fingerprint density at radius 2 is 1.88 bits per heavy atom. The lowest BCUT2D eigenvalue weighted by Crippen LogP contribution is -2.17. The highest BCUT2D eigenvalue weighted by Gasteiger charge is 2.12. The zero-order valence-electron chi connectivity index (χ0n) is 13.4. The Balaban J connectivity index is 0.00000288. The minimum atomic E-state index is -3.35. The molecular formula is C16H20ClN3O3S. The first kappa shape index (κ1) is 20.1. The average Bonchev–Trinajstić information content (AvgIpc) is 2.53. The molecule has 130 valence electrons. The quantitative estimate of drug-likeness (QED) is 0.812. The molecule has 0 aliphatic rings. The second-order valence-corrected chi connectivity index (χ2v) is 7.08. The van der Waals surface area contributed by atoms with Crippen LogP contribution >= 0.6 is 12.4 Å². The van der Waals surface area contributed by atoms with Crippen LogP contribution in [-0.4, -0.2) is 39.2 Å². The van der Waals surface area contributed by atoms with Crippen LogP contribution in [0.4, 0.5) is 5.69 Å². The number of likely N-dealkylation sites (N-methyl/N-ethyl adjacent to an activating group) is 1. The first-order chi connectivity index (χ1) is 10.9. The minimum absolute atomic E-state index is 0. The summed E-state index contributed by atoms with van der Waals surface area (Å²) in [6, 6.07) is 10.3. The van der Waals surface area contributed by atoms with Gasteiger partial charge in [0.1, 0.15) is 0 Å². The number of pyridine rings is 1. The highest BCUT2D eigenvalue weighted by molar-refractivity contribution is 7.90. The van der Waals surface area contributed by atoms with E-state index in [1.807, 2.05) is 25.2 Å². The van der Waals surface area contributed by atoms with Crippen LogP contribution in [0.3, 0.4) is 0 Å². The molecule has 0 fully saturated rings. The molecule has 1 aromatic carbocycles. The number of hydrogen-bond donors (Lipinski definition) is 2. The molecule has 6 nitrogen and oxygen atoms in total. The number of carbonyl (C=O) groups is 1. The first-order valence-electron chi connectivity index (χ1n) is 7.12. The van der Waals surface area contributed by atoms with Crippen molar-refractivity contribution in [2.24, 2.45) is 0 Å². The van der Waals surface area contributed by atoms with Gasteiger partial charge < -0.3 is 10.6 Å². The number of rotatable bonds is 6. The minimum Gasteiger partial charge on any atom is -0.321 e. The van der Waals surface area contributed by atoms with Gasteiger partial charge in [0.2, 0.25) is 0 Å². The fourth-order valence-corrected chi connectivity index (χ4v) is 2.65. The van der Waals surface area contributed by atoms with Crippen molar-refractivity contribution in [2.45, 2.75) is 11.4 Å². The molecule has 0 saturated heterocycles. The summed E-state index contributed by atoms with van der Waals surface area (Å²) in [6.45, 7) is 0.773. The maximum Gasteiger partial charge on any atom is 0.255 e. The van der Waals surface area contributed by atoms with Gasteiger partial charge in [-0.25, -0.2) is 13.4 Å². The van der Waals surface area contributed by atoms with Gasteiger partial charge in [-0.15, -0.1) is 12.4 Å². The number of hydrogen-bond acceptors (Lipinski definition) is 5. The van der Waals surface area contributed by atoms with E-state index in [2.05, 4.69) is 15.6 Å². The molecule has 1 aromatic heterocycles. The van der Waals surface area contributed by atoms with Gasteiger partial charge in [0.25, 0.3) is 5.91 Å². The van der Waals surface area contributed by atoms with Crippen LogP contribution in [0.1, 0.15) is 15.9 Å². The van der Waals surface area contributed by atoms with Gasteiger partial charge >= 0.3 is 0 Å². The van der Waals surface area contributed by atoms with Gasteiger partial charge in [-0.2, -0.15) is 0 Å². The number of amides is 1. The molecule has 0 bridgehead atoms. The van der Waals surface area contributed by atoms with Gasteiger partial charge in [-0.3, -0.25) is 4.79 Å². The summed E-state index contributed by atoms with van der Waals surface area (Å²) >= 11 is 0. The van der Waals surface area contributed by atoms with Crippen molar-refractivity contribution >= 4 is 33.8 Å². The third-order valence-corrected chi connectivity index (χ3v) is 4.28. The number of benzene rings is 1. The van der Waals surface area contributed by atoms with E-state index in [0.717, 1.165) is 24.8 Å². The second-order valence-electron chi connectivity index (χ2n) is 5.12. The Hall–Kier alpha value is -1.96. The van der Waals surface area contributed by atoms with E-state index in [9.17, 15) is 13.2 Å². The predicted molar refractivity (Wildman–Crippen MR) is 96.6 cm³/mol. The van der Waals surface area contributed by atoms with E-state index in [0.29, 0.717) is 11.3 Å². The third kappa shape index (κ3) is 5.30. The molecule has 2 aromatic rings. The molecule has 0 atom stereocenters. The Kier molecular flexibility index (Phi) is 7.34. The van der Waals surface area contributed by atoms with Crippen LogP contribution in [0, 0.1) is 0 Å². The summed E-state index contributed by atoms with van der Waals surface area (Å²) in [5.74, 6) is -0.245. The molecule has 24 heavy (non-hydrogen) atoms. The topological polar surface area (TPSA) is 88.2 Å². The van der Waals surface area contributed by atoms with Crippen LogP contribution in [-0.2, 0) is 16.3 Å². The largest absolute Gasteiger partial charge is 0.321 e. The zero-order chi connectivity index (χ0) is 16.9. The summed E-state index contributed by atoms with van der Waals surface area (Å²) < 4.78 is 22.8. The first-order valence-corrected chi connectivity index (χ1v) is 9.01. The standard InChI is InChI=1S/C16H19N3O3S.ClH/c1-17-10-9-12-5-3-4-6-14(12)16(20)19-13-7-8-15(18-11-13)23(2,21)22;/h3-8,11,17H,9-10H2,1-2H3,(H,19,20);1H. The van der Waals surface area contributed by atoms with Gasteiger partial charge in [0.05, 0.1) is 11.9 Å². The van der Waals surface area contributed by atoms with Crippen molar-refractivity contribution in [3.05, 3.63) is 53.7 Å². The lowest BCUT2D eigenvalue weighted by atomic mass is 10.0. The van der Waals surface area contributed by atoms with Crippen molar-refractivity contribution in [3.8, 4) is 0 Å². The highest BCUT2D eigenvalue weighted by Crippen LogP contribution is 2.14. The van der Waals surface area contributed by atoms with E-state index in [1.54, 1.807) is 6.07 Å². The number of nitrogens with one attached hydrogen (secondary N) is 2. The van der Waals surface area contributed by atoms with Crippen LogP contribution in [0.15, 0.2) is 47.6 Å². The average molecular weight is 370 g/mol. The highest BCUT2D eigenvalue weighted by atomic mass is 35.5. The Bertz CT molecular complexity index is 792. The molecule has 2 rings (SSSR count). The van der Waals surface area contributed by atoms with E-state index in [1.165, 1.54) is 18.3 Å². The molecule has 1 amide bonds. The van der Waals surface area contributed by atoms with Gasteiger partial charge in [-0.05, 0) is 43.8 Å². The number of nitrogens with zero attached hydrogens (tertiary/aromatic N) is 1. The molecule has 0 aliphatic carbocycles. The number of carbonyl (C=O) groups excluding carboxylic acids is 1. The van der Waals surface area contributed by atoms with E-state index >= 15 is 0 Å². The van der Waals surface area contributed by atoms with Crippen molar-refractivity contribution in [3.63, 3.8) is 0 Å². The smallest absolute Gasteiger partial charge is 0.255 e. The lowest BCUT2D eigenvalue weighted by Gasteiger charge is -2.10. The van der Waals surface area contributed by atoms with Crippen molar-refractivity contribution in [1.82, 2.24) is 10.3 Å². The van der Waals surface area contributed by atoms with Crippen LogP contribution in [0.2, 0.25) is 0 Å². The fraction of sp³-hybridized carbons (Fsp3) is 0.250.